The maximum Gasteiger partial charge on any atom is 0.338 e. The fourth-order valence-corrected chi connectivity index (χ4v) is 2.67. The number of hydrogen-bond acceptors (Lipinski definition) is 6. The third-order valence-electron chi connectivity index (χ3n) is 4.17. The van der Waals surface area contributed by atoms with Gasteiger partial charge in [-0.3, -0.25) is 4.79 Å². The first-order valence-electron chi connectivity index (χ1n) is 8.98. The van der Waals surface area contributed by atoms with Crippen molar-refractivity contribution in [2.45, 2.75) is 6.92 Å². The summed E-state index contributed by atoms with van der Waals surface area (Å²) in [6.45, 7) is 2.08. The second-order valence-corrected chi connectivity index (χ2v) is 6.08. The molecule has 0 atom stereocenters. The van der Waals surface area contributed by atoms with Crippen molar-refractivity contribution in [3.63, 3.8) is 0 Å². The first kappa shape index (κ1) is 19.9. The largest absolute Gasteiger partial charge is 0.504 e. The number of aromatic hydroxyl groups is 1. The van der Waals surface area contributed by atoms with E-state index in [0.717, 1.165) is 5.56 Å². The Morgan fingerprint density at radius 2 is 1.76 bits per heavy atom. The summed E-state index contributed by atoms with van der Waals surface area (Å²) in [4.78, 5) is 24.0. The average Bonchev–Trinajstić information content (AvgIpc) is 3.21. The number of allylic oxidation sites excluding steroid dienone is 1. The van der Waals surface area contributed by atoms with E-state index in [1.807, 2.05) is 0 Å². The lowest BCUT2D eigenvalue weighted by Crippen LogP contribution is -2.03. The summed E-state index contributed by atoms with van der Waals surface area (Å²) in [5.74, 6) is 0.701. The highest BCUT2D eigenvalue weighted by molar-refractivity contribution is 6.07. The lowest BCUT2D eigenvalue weighted by Gasteiger charge is -2.04. The number of carbonyl (C=O) groups excluding carboxylic acids is 2. The molecule has 148 valence electrons. The maximum absolute atomic E-state index is 12.3. The maximum atomic E-state index is 12.3. The number of phenols is 1. The number of ether oxygens (including phenoxy) is 2. The first-order valence-corrected chi connectivity index (χ1v) is 8.98. The second kappa shape index (κ2) is 8.93. The number of ketones is 1. The SMILES string of the molecule is CCOC(=O)c1ccc(-c2ccc(/C=C/C(=O)c3ccc(O)c(OC)c3)o2)cc1. The van der Waals surface area contributed by atoms with E-state index in [2.05, 4.69) is 0 Å². The standard InChI is InChI=1S/C23H20O6/c1-3-28-23(26)16-6-4-15(5-7-16)21-13-10-18(29-21)9-12-19(24)17-8-11-20(25)22(14-17)27-2/h4-14,25H,3H2,1-2H3/b12-9+. The van der Waals surface area contributed by atoms with Gasteiger partial charge in [0.1, 0.15) is 11.5 Å². The monoisotopic (exact) mass is 392 g/mol. The lowest BCUT2D eigenvalue weighted by atomic mass is 10.1. The van der Waals surface area contributed by atoms with Crippen LogP contribution >= 0.6 is 0 Å². The first-order chi connectivity index (χ1) is 14.0. The summed E-state index contributed by atoms with van der Waals surface area (Å²) < 4.78 is 15.7. The van der Waals surface area contributed by atoms with E-state index in [1.54, 1.807) is 49.4 Å². The molecule has 0 aliphatic heterocycles. The zero-order chi connectivity index (χ0) is 20.8. The van der Waals surface area contributed by atoms with Crippen molar-refractivity contribution >= 4 is 17.8 Å². The summed E-state index contributed by atoms with van der Waals surface area (Å²) in [6.07, 6.45) is 2.95. The molecule has 0 amide bonds. The Morgan fingerprint density at radius 3 is 2.45 bits per heavy atom. The summed E-state index contributed by atoms with van der Waals surface area (Å²) in [7, 11) is 1.42. The Hall–Kier alpha value is -3.80. The van der Waals surface area contributed by atoms with Crippen LogP contribution < -0.4 is 4.74 Å². The molecule has 6 nitrogen and oxygen atoms in total. The topological polar surface area (TPSA) is 86.0 Å². The molecule has 1 heterocycles. The highest BCUT2D eigenvalue weighted by Crippen LogP contribution is 2.27. The minimum Gasteiger partial charge on any atom is -0.504 e. The van der Waals surface area contributed by atoms with Crippen molar-refractivity contribution in [3.8, 4) is 22.8 Å². The number of hydrogen-bond donors (Lipinski definition) is 1. The van der Waals surface area contributed by atoms with Gasteiger partial charge in [-0.05, 0) is 61.5 Å². The molecular weight excluding hydrogens is 372 g/mol. The van der Waals surface area contributed by atoms with Gasteiger partial charge in [0.2, 0.25) is 0 Å². The molecule has 2 aromatic carbocycles. The third-order valence-corrected chi connectivity index (χ3v) is 4.17. The Balaban J connectivity index is 1.71. The van der Waals surface area contributed by atoms with Gasteiger partial charge in [0.25, 0.3) is 0 Å². The molecule has 0 aliphatic carbocycles. The molecule has 0 saturated heterocycles. The van der Waals surface area contributed by atoms with Crippen LogP contribution in [0.3, 0.4) is 0 Å². The molecule has 29 heavy (non-hydrogen) atoms. The number of rotatable bonds is 7. The van der Waals surface area contributed by atoms with Crippen molar-refractivity contribution < 1.29 is 28.6 Å². The number of methoxy groups -OCH3 is 1. The van der Waals surface area contributed by atoms with Crippen LogP contribution in [0.1, 0.15) is 33.4 Å². The molecule has 1 aromatic heterocycles. The lowest BCUT2D eigenvalue weighted by molar-refractivity contribution is 0.0526. The van der Waals surface area contributed by atoms with Crippen LogP contribution in [0, 0.1) is 0 Å². The molecule has 0 bridgehead atoms. The highest BCUT2D eigenvalue weighted by Gasteiger charge is 2.10. The van der Waals surface area contributed by atoms with E-state index in [1.165, 1.54) is 31.4 Å². The molecule has 0 aliphatic rings. The van der Waals surface area contributed by atoms with Gasteiger partial charge in [-0.2, -0.15) is 0 Å². The molecule has 0 unspecified atom stereocenters. The minimum atomic E-state index is -0.369. The van der Waals surface area contributed by atoms with Crippen LogP contribution in [0.15, 0.2) is 65.1 Å². The Labute approximate surface area is 168 Å². The van der Waals surface area contributed by atoms with Crippen LogP contribution in [-0.4, -0.2) is 30.6 Å². The van der Waals surface area contributed by atoms with Crippen LogP contribution in [0.4, 0.5) is 0 Å². The average molecular weight is 392 g/mol. The Morgan fingerprint density at radius 1 is 1.03 bits per heavy atom. The van der Waals surface area contributed by atoms with E-state index in [9.17, 15) is 14.7 Å². The molecule has 1 N–H and O–H groups in total. The van der Waals surface area contributed by atoms with Crippen molar-refractivity contribution in [3.05, 3.63) is 77.6 Å². The minimum absolute atomic E-state index is 0.0299. The molecule has 6 heteroatoms. The van der Waals surface area contributed by atoms with Gasteiger partial charge < -0.3 is 19.0 Å². The summed E-state index contributed by atoms with van der Waals surface area (Å²) in [5, 5.41) is 9.61. The molecule has 0 fully saturated rings. The molecule has 0 saturated carbocycles. The van der Waals surface area contributed by atoms with Gasteiger partial charge in [0, 0.05) is 11.1 Å². The fraction of sp³-hybridized carbons (Fsp3) is 0.130. The zero-order valence-electron chi connectivity index (χ0n) is 16.0. The van der Waals surface area contributed by atoms with E-state index in [-0.39, 0.29) is 23.3 Å². The van der Waals surface area contributed by atoms with Crippen molar-refractivity contribution in [2.24, 2.45) is 0 Å². The number of esters is 1. The molecule has 3 rings (SSSR count). The van der Waals surface area contributed by atoms with Gasteiger partial charge in [0.05, 0.1) is 19.3 Å². The van der Waals surface area contributed by atoms with Crippen molar-refractivity contribution in [1.29, 1.82) is 0 Å². The van der Waals surface area contributed by atoms with E-state index in [4.69, 9.17) is 13.9 Å². The molecule has 3 aromatic rings. The third kappa shape index (κ3) is 4.73. The van der Waals surface area contributed by atoms with Crippen molar-refractivity contribution in [2.75, 3.05) is 13.7 Å². The van der Waals surface area contributed by atoms with Gasteiger partial charge in [-0.15, -0.1) is 0 Å². The zero-order valence-corrected chi connectivity index (χ0v) is 16.0. The van der Waals surface area contributed by atoms with E-state index < -0.39 is 0 Å². The van der Waals surface area contributed by atoms with Gasteiger partial charge in [-0.25, -0.2) is 4.79 Å². The fourth-order valence-electron chi connectivity index (χ4n) is 2.67. The Kier molecular flexibility index (Phi) is 6.14. The number of benzene rings is 2. The van der Waals surface area contributed by atoms with Gasteiger partial charge in [0.15, 0.2) is 17.3 Å². The van der Waals surface area contributed by atoms with Crippen LogP contribution in [0.25, 0.3) is 17.4 Å². The quantitative estimate of drug-likeness (QED) is 0.355. The van der Waals surface area contributed by atoms with Gasteiger partial charge >= 0.3 is 5.97 Å². The number of phenolic OH excluding ortho intramolecular Hbond substituents is 1. The molecule has 0 radical (unpaired) electrons. The smallest absolute Gasteiger partial charge is 0.338 e. The van der Waals surface area contributed by atoms with Crippen molar-refractivity contribution in [1.82, 2.24) is 0 Å². The van der Waals surface area contributed by atoms with E-state index >= 15 is 0 Å². The van der Waals surface area contributed by atoms with Crippen LogP contribution in [0.2, 0.25) is 0 Å². The predicted molar refractivity (Wildman–Crippen MR) is 108 cm³/mol. The van der Waals surface area contributed by atoms with Crippen LogP contribution in [0.5, 0.6) is 11.5 Å². The highest BCUT2D eigenvalue weighted by atomic mass is 16.5. The number of furan rings is 1. The molecule has 0 spiro atoms. The van der Waals surface area contributed by atoms with Crippen LogP contribution in [-0.2, 0) is 4.74 Å². The Bertz CT molecular complexity index is 1040. The number of carbonyl (C=O) groups is 2. The second-order valence-electron chi connectivity index (χ2n) is 6.08. The summed E-state index contributed by atoms with van der Waals surface area (Å²) in [6, 6.07) is 14.8. The summed E-state index contributed by atoms with van der Waals surface area (Å²) in [5.41, 5.74) is 1.65. The van der Waals surface area contributed by atoms with E-state index in [0.29, 0.717) is 29.3 Å². The van der Waals surface area contributed by atoms with Gasteiger partial charge in [-0.1, -0.05) is 12.1 Å². The summed E-state index contributed by atoms with van der Waals surface area (Å²) >= 11 is 0. The molecular formula is C23H20O6. The predicted octanol–water partition coefficient (Wildman–Crippen LogP) is 4.73. The normalized spacial score (nSPS) is 10.8.